The molecule has 6 aromatic rings. The van der Waals surface area contributed by atoms with E-state index in [-0.39, 0.29) is 26.3 Å². The number of nitrogen functional groups attached to an aromatic ring is 3. The number of hydrogen-bond acceptors (Lipinski definition) is 15. The second-order valence-electron chi connectivity index (χ2n) is 10.7. The maximum absolute atomic E-state index is 12.5. The van der Waals surface area contributed by atoms with Crippen molar-refractivity contribution in [2.24, 2.45) is 0 Å². The number of rotatable bonds is 7. The van der Waals surface area contributed by atoms with Crippen molar-refractivity contribution in [1.82, 2.24) is 29.9 Å². The van der Waals surface area contributed by atoms with E-state index in [1.165, 1.54) is 61.2 Å². The average Bonchev–Trinajstić information content (AvgIpc) is 3.12. The molecule has 276 valence electrons. The molecule has 53 heavy (non-hydrogen) atoms. The first-order valence-electron chi connectivity index (χ1n) is 14.7. The first-order chi connectivity index (χ1) is 24.8. The number of anilines is 4. The number of nitrogens with two attached hydrogens (primary N) is 3. The lowest BCUT2D eigenvalue weighted by Gasteiger charge is -2.10. The van der Waals surface area contributed by atoms with Crippen LogP contribution >= 0.6 is 31.9 Å². The molecule has 21 heteroatoms. The van der Waals surface area contributed by atoms with Crippen LogP contribution in [0.4, 0.5) is 23.3 Å². The summed E-state index contributed by atoms with van der Waals surface area (Å²) in [5, 5.41) is 0. The second kappa shape index (κ2) is 17.2. The lowest BCUT2D eigenvalue weighted by atomic mass is 10.2. The Morgan fingerprint density at radius 3 is 1.47 bits per heavy atom. The maximum Gasteiger partial charge on any atom is 0.263 e. The van der Waals surface area contributed by atoms with Gasteiger partial charge >= 0.3 is 0 Å². The fourth-order valence-corrected chi connectivity index (χ4v) is 6.78. The average molecular weight is 907 g/mol. The standard InChI is InChI=1S/C17H16N4O4S2.C11H10BrN3O2S.C4H4BrN3/c1-26(22,23)13-9-7-12(8-10-13)15-11-19-16(18)17(20-15)21-27(24,25)14-5-3-2-4-6-14;1-18(16,17)8-4-2-7(3-5-8)9-6-14-11(13)10(12)15-9;5-3-1-8-4(6)2-7-3/h2-11H,1H3,(H2,18,19)(H,20,21);2-6H,1H3,(H2,13,14);1-2H,(H2,6,8). The normalized spacial score (nSPS) is 11.3. The molecule has 16 nitrogen and oxygen atoms in total. The first kappa shape index (κ1) is 40.7. The van der Waals surface area contributed by atoms with Gasteiger partial charge in [0.15, 0.2) is 37.1 Å². The summed E-state index contributed by atoms with van der Waals surface area (Å²) < 4.78 is 74.2. The van der Waals surface area contributed by atoms with Gasteiger partial charge in [-0.1, -0.05) is 42.5 Å². The highest BCUT2D eigenvalue weighted by Gasteiger charge is 2.18. The lowest BCUT2D eigenvalue weighted by molar-refractivity contribution is 0.599. The topological polar surface area (TPSA) is 270 Å². The zero-order valence-corrected chi connectivity index (χ0v) is 33.3. The Morgan fingerprint density at radius 2 is 1.04 bits per heavy atom. The molecule has 0 spiro atoms. The van der Waals surface area contributed by atoms with E-state index < -0.39 is 29.7 Å². The van der Waals surface area contributed by atoms with Gasteiger partial charge in [0.05, 0.1) is 50.9 Å². The van der Waals surface area contributed by atoms with E-state index in [2.05, 4.69) is 66.5 Å². The molecule has 3 heterocycles. The molecule has 0 radical (unpaired) electrons. The Balaban J connectivity index is 0.000000206. The van der Waals surface area contributed by atoms with E-state index in [9.17, 15) is 25.3 Å². The number of nitrogens with one attached hydrogen (secondary N) is 1. The number of benzene rings is 3. The van der Waals surface area contributed by atoms with Crippen molar-refractivity contribution >= 4 is 84.8 Å². The van der Waals surface area contributed by atoms with Gasteiger partial charge in [-0.25, -0.2) is 55.2 Å². The molecule has 0 bridgehead atoms. The van der Waals surface area contributed by atoms with Crippen molar-refractivity contribution in [3.05, 3.63) is 113 Å². The predicted molar refractivity (Wildman–Crippen MR) is 209 cm³/mol. The van der Waals surface area contributed by atoms with Crippen LogP contribution in [0.3, 0.4) is 0 Å². The number of halogens is 2. The molecule has 0 saturated carbocycles. The molecule has 0 saturated heterocycles. The number of sulfonamides is 1. The van der Waals surface area contributed by atoms with Crippen LogP contribution < -0.4 is 21.9 Å². The van der Waals surface area contributed by atoms with Crippen LogP contribution in [0.25, 0.3) is 22.5 Å². The van der Waals surface area contributed by atoms with Gasteiger partial charge in [-0.2, -0.15) is 0 Å². The van der Waals surface area contributed by atoms with E-state index in [1.807, 2.05) is 0 Å². The van der Waals surface area contributed by atoms with Crippen LogP contribution in [0.5, 0.6) is 0 Å². The zero-order chi connectivity index (χ0) is 39.0. The zero-order valence-electron chi connectivity index (χ0n) is 27.7. The number of hydrogen-bond donors (Lipinski definition) is 4. The third kappa shape index (κ3) is 11.7. The lowest BCUT2D eigenvalue weighted by Crippen LogP contribution is -2.16. The van der Waals surface area contributed by atoms with Gasteiger partial charge in [-0.15, -0.1) is 0 Å². The molecule has 0 aliphatic rings. The van der Waals surface area contributed by atoms with Crippen LogP contribution in [0.1, 0.15) is 0 Å². The van der Waals surface area contributed by atoms with Crippen molar-refractivity contribution in [2.75, 3.05) is 34.4 Å². The molecule has 0 aliphatic carbocycles. The molecule has 7 N–H and O–H groups in total. The molecule has 0 unspecified atom stereocenters. The molecule has 0 fully saturated rings. The molecular weight excluding hydrogens is 876 g/mol. The fraction of sp³-hybridized carbons (Fsp3) is 0.0625. The van der Waals surface area contributed by atoms with Crippen molar-refractivity contribution in [3.8, 4) is 22.5 Å². The summed E-state index contributed by atoms with van der Waals surface area (Å²) in [6.07, 6.45) is 8.24. The molecule has 0 atom stereocenters. The Bertz CT molecular complexity index is 2510. The molecule has 0 aliphatic heterocycles. The van der Waals surface area contributed by atoms with Gasteiger partial charge < -0.3 is 17.2 Å². The minimum absolute atomic E-state index is 0.0640. The second-order valence-corrected chi connectivity index (χ2v) is 18.0. The molecule has 3 aromatic carbocycles. The number of nitrogens with zero attached hydrogens (tertiary/aromatic N) is 6. The summed E-state index contributed by atoms with van der Waals surface area (Å²) in [6, 6.07) is 20.2. The summed E-state index contributed by atoms with van der Waals surface area (Å²) in [7, 11) is -10.4. The van der Waals surface area contributed by atoms with E-state index >= 15 is 0 Å². The van der Waals surface area contributed by atoms with Gasteiger partial charge in [-0.3, -0.25) is 4.72 Å². The largest absolute Gasteiger partial charge is 0.382 e. The Morgan fingerprint density at radius 1 is 0.547 bits per heavy atom. The van der Waals surface area contributed by atoms with Gasteiger partial charge in [0, 0.05) is 23.6 Å². The van der Waals surface area contributed by atoms with E-state index in [0.717, 1.165) is 11.8 Å². The van der Waals surface area contributed by atoms with Crippen molar-refractivity contribution in [3.63, 3.8) is 0 Å². The molecular formula is C32H30Br2N10O6S3. The smallest absolute Gasteiger partial charge is 0.263 e. The maximum atomic E-state index is 12.5. The van der Waals surface area contributed by atoms with E-state index in [4.69, 9.17) is 17.2 Å². The van der Waals surface area contributed by atoms with Crippen LogP contribution in [-0.2, 0) is 29.7 Å². The van der Waals surface area contributed by atoms with Gasteiger partial charge in [0.25, 0.3) is 10.0 Å². The van der Waals surface area contributed by atoms with Gasteiger partial charge in [0.1, 0.15) is 15.0 Å². The monoisotopic (exact) mass is 904 g/mol. The third-order valence-corrected chi connectivity index (χ3v) is 11.2. The highest BCUT2D eigenvalue weighted by atomic mass is 79.9. The van der Waals surface area contributed by atoms with E-state index in [0.29, 0.717) is 37.8 Å². The Kier molecular flexibility index (Phi) is 13.2. The summed E-state index contributed by atoms with van der Waals surface area (Å²) in [5.74, 6) is 0.564. The quantitative estimate of drug-likeness (QED) is 0.170. The Hall–Kier alpha value is -5.09. The highest BCUT2D eigenvalue weighted by Crippen LogP contribution is 2.25. The summed E-state index contributed by atoms with van der Waals surface area (Å²) in [4.78, 5) is 24.4. The SMILES string of the molecule is CS(=O)(=O)c1ccc(-c2cnc(N)c(Br)n2)cc1.CS(=O)(=O)c1ccc(-c2cnc(N)c(NS(=O)(=O)c3ccccc3)n2)cc1.Nc1cnc(Br)cn1. The van der Waals surface area contributed by atoms with Gasteiger partial charge in [0.2, 0.25) is 0 Å². The molecule has 6 rings (SSSR count). The third-order valence-electron chi connectivity index (χ3n) is 6.64. The van der Waals surface area contributed by atoms with Gasteiger partial charge in [-0.05, 0) is 68.3 Å². The number of sulfone groups is 2. The van der Waals surface area contributed by atoms with Crippen LogP contribution in [0, 0.1) is 0 Å². The van der Waals surface area contributed by atoms with Crippen LogP contribution in [0.2, 0.25) is 0 Å². The van der Waals surface area contributed by atoms with Crippen LogP contribution in [-0.4, -0.2) is 67.7 Å². The van der Waals surface area contributed by atoms with Crippen molar-refractivity contribution in [1.29, 1.82) is 0 Å². The fourth-order valence-electron chi connectivity index (χ4n) is 3.98. The first-order valence-corrected chi connectivity index (χ1v) is 21.5. The Labute approximate surface area is 322 Å². The molecule has 0 amide bonds. The minimum atomic E-state index is -3.87. The van der Waals surface area contributed by atoms with Crippen molar-refractivity contribution < 1.29 is 25.3 Å². The minimum Gasteiger partial charge on any atom is -0.382 e. The summed E-state index contributed by atoms with van der Waals surface area (Å²) in [6.45, 7) is 0. The van der Waals surface area contributed by atoms with E-state index in [1.54, 1.807) is 48.7 Å². The van der Waals surface area contributed by atoms with Crippen LogP contribution in [0.15, 0.2) is 128 Å². The van der Waals surface area contributed by atoms with Crippen molar-refractivity contribution in [2.45, 2.75) is 14.7 Å². The molecule has 3 aromatic heterocycles. The number of aromatic nitrogens is 6. The predicted octanol–water partition coefficient (Wildman–Crippen LogP) is 4.64. The summed E-state index contributed by atoms with van der Waals surface area (Å²) >= 11 is 6.31. The summed E-state index contributed by atoms with van der Waals surface area (Å²) in [5.41, 5.74) is 18.8. The highest BCUT2D eigenvalue weighted by molar-refractivity contribution is 9.10.